The first-order valence-electron chi connectivity index (χ1n) is 3.24. The largest absolute Gasteiger partial charge is 0.285 e. The molecule has 0 aliphatic heterocycles. The van der Waals surface area contributed by atoms with Gasteiger partial charge in [0.2, 0.25) is 0 Å². The molecule has 0 spiro atoms. The molecule has 0 fully saturated rings. The molecule has 3 nitrogen and oxygen atoms in total. The van der Waals surface area contributed by atoms with Crippen LogP contribution in [0, 0.1) is 6.92 Å². The first kappa shape index (κ1) is 9.91. The molecule has 4 heteroatoms. The van der Waals surface area contributed by atoms with Crippen molar-refractivity contribution in [3.05, 3.63) is 6.92 Å². The van der Waals surface area contributed by atoms with Crippen LogP contribution in [0.15, 0.2) is 0 Å². The van der Waals surface area contributed by atoms with Gasteiger partial charge in [-0.3, -0.25) is 4.55 Å². The van der Waals surface area contributed by atoms with Gasteiger partial charge in [0.15, 0.2) is 0 Å². The second kappa shape index (κ2) is 3.93. The molecule has 0 bridgehead atoms. The van der Waals surface area contributed by atoms with Gasteiger partial charge in [-0.15, -0.1) is 0 Å². The fourth-order valence-electron chi connectivity index (χ4n) is 0.581. The third kappa shape index (κ3) is 3.85. The summed E-state index contributed by atoms with van der Waals surface area (Å²) in [5.41, 5.74) is 0. The molecule has 0 rings (SSSR count). The van der Waals surface area contributed by atoms with Crippen molar-refractivity contribution in [3.8, 4) is 0 Å². The highest BCUT2D eigenvalue weighted by molar-refractivity contribution is 7.86. The molecule has 0 aromatic rings. The average molecular weight is 165 g/mol. The molecule has 0 aromatic heterocycles. The Morgan fingerprint density at radius 1 is 1.60 bits per heavy atom. The summed E-state index contributed by atoms with van der Waals surface area (Å²) in [4.78, 5) is 0. The average Bonchev–Trinajstić information content (AvgIpc) is 1.80. The van der Waals surface area contributed by atoms with E-state index in [2.05, 4.69) is 6.92 Å². The molecule has 10 heavy (non-hydrogen) atoms. The predicted octanol–water partition coefficient (Wildman–Crippen LogP) is 1.27. The molecular weight excluding hydrogens is 152 g/mol. The van der Waals surface area contributed by atoms with Crippen LogP contribution in [0.1, 0.15) is 26.2 Å². The Morgan fingerprint density at radius 3 is 2.40 bits per heavy atom. The summed E-state index contributed by atoms with van der Waals surface area (Å²) >= 11 is 0. The molecule has 0 amide bonds. The highest BCUT2D eigenvalue weighted by Gasteiger charge is 2.15. The van der Waals surface area contributed by atoms with Crippen LogP contribution in [0.2, 0.25) is 0 Å². The van der Waals surface area contributed by atoms with E-state index in [9.17, 15) is 8.42 Å². The maximum Gasteiger partial charge on any atom is 0.267 e. The second-order valence-electron chi connectivity index (χ2n) is 2.32. The van der Waals surface area contributed by atoms with E-state index in [1.165, 1.54) is 6.92 Å². The molecule has 1 unspecified atom stereocenters. The Balaban J connectivity index is 3.75. The van der Waals surface area contributed by atoms with Gasteiger partial charge in [-0.1, -0.05) is 19.8 Å². The zero-order valence-corrected chi connectivity index (χ0v) is 6.89. The molecule has 0 aliphatic carbocycles. The fraction of sp³-hybridized carbons (Fsp3) is 0.833. The monoisotopic (exact) mass is 165 g/mol. The Kier molecular flexibility index (Phi) is 3.89. The lowest BCUT2D eigenvalue weighted by Crippen LogP contribution is -2.15. The van der Waals surface area contributed by atoms with Gasteiger partial charge in [0.1, 0.15) is 0 Å². The van der Waals surface area contributed by atoms with E-state index >= 15 is 0 Å². The minimum absolute atomic E-state index is 0.488. The lowest BCUT2D eigenvalue weighted by atomic mass is 10.2. The Bertz CT molecular complexity index is 171. The zero-order chi connectivity index (χ0) is 8.20. The van der Waals surface area contributed by atoms with E-state index in [4.69, 9.17) is 4.55 Å². The van der Waals surface area contributed by atoms with E-state index in [1.807, 2.05) is 0 Å². The zero-order valence-electron chi connectivity index (χ0n) is 6.08. The summed E-state index contributed by atoms with van der Waals surface area (Å²) in [6.07, 6.45) is 1.93. The minimum atomic E-state index is -3.80. The summed E-state index contributed by atoms with van der Waals surface area (Å²) in [5.74, 6) is 0. The third-order valence-corrected chi connectivity index (χ3v) is 2.62. The van der Waals surface area contributed by atoms with Crippen molar-refractivity contribution in [2.75, 3.05) is 0 Å². The SMILES string of the molecule is [CH2]CCCC(C)S(=O)(=O)O. The molecule has 1 N–H and O–H groups in total. The van der Waals surface area contributed by atoms with Crippen LogP contribution >= 0.6 is 0 Å². The van der Waals surface area contributed by atoms with E-state index in [-0.39, 0.29) is 0 Å². The van der Waals surface area contributed by atoms with Gasteiger partial charge in [0, 0.05) is 0 Å². The normalized spacial score (nSPS) is 15.1. The van der Waals surface area contributed by atoms with Crippen LogP contribution in [0.5, 0.6) is 0 Å². The van der Waals surface area contributed by atoms with Crippen molar-refractivity contribution in [2.45, 2.75) is 31.4 Å². The minimum Gasteiger partial charge on any atom is -0.285 e. The lowest BCUT2D eigenvalue weighted by Gasteiger charge is -2.04. The van der Waals surface area contributed by atoms with E-state index in [1.54, 1.807) is 0 Å². The molecule has 1 atom stereocenters. The summed E-state index contributed by atoms with van der Waals surface area (Å²) in [5, 5.41) is -0.644. The first-order chi connectivity index (χ1) is 4.48. The molecule has 61 valence electrons. The van der Waals surface area contributed by atoms with Crippen molar-refractivity contribution < 1.29 is 13.0 Å². The van der Waals surface area contributed by atoms with Crippen LogP contribution < -0.4 is 0 Å². The lowest BCUT2D eigenvalue weighted by molar-refractivity contribution is 0.464. The molecule has 0 saturated heterocycles. The smallest absolute Gasteiger partial charge is 0.267 e. The number of unbranched alkanes of at least 4 members (excludes halogenated alkanes) is 1. The van der Waals surface area contributed by atoms with Crippen molar-refractivity contribution in [1.82, 2.24) is 0 Å². The highest BCUT2D eigenvalue weighted by Crippen LogP contribution is 2.06. The van der Waals surface area contributed by atoms with Crippen LogP contribution in [-0.4, -0.2) is 18.2 Å². The Hall–Kier alpha value is -0.0900. The maximum absolute atomic E-state index is 10.4. The summed E-state index contributed by atoms with van der Waals surface area (Å²) < 4.78 is 29.2. The quantitative estimate of drug-likeness (QED) is 0.638. The van der Waals surface area contributed by atoms with Crippen molar-refractivity contribution in [2.24, 2.45) is 0 Å². The predicted molar refractivity (Wildman–Crippen MR) is 40.2 cm³/mol. The highest BCUT2D eigenvalue weighted by atomic mass is 32.2. The molecular formula is C6H13O3S. The topological polar surface area (TPSA) is 54.4 Å². The third-order valence-electron chi connectivity index (χ3n) is 1.37. The van der Waals surface area contributed by atoms with Gasteiger partial charge in [-0.2, -0.15) is 8.42 Å². The molecule has 0 heterocycles. The van der Waals surface area contributed by atoms with Gasteiger partial charge >= 0.3 is 0 Å². The van der Waals surface area contributed by atoms with Crippen molar-refractivity contribution >= 4 is 10.1 Å². The van der Waals surface area contributed by atoms with Crippen LogP contribution in [0.25, 0.3) is 0 Å². The van der Waals surface area contributed by atoms with Crippen LogP contribution in [0.3, 0.4) is 0 Å². The van der Waals surface area contributed by atoms with E-state index in [0.29, 0.717) is 12.8 Å². The number of hydrogen-bond acceptors (Lipinski definition) is 2. The summed E-state index contributed by atoms with van der Waals surface area (Å²) in [6, 6.07) is 0. The number of rotatable bonds is 4. The fourth-order valence-corrected chi connectivity index (χ4v) is 1.05. The van der Waals surface area contributed by atoms with Gasteiger partial charge in [0.05, 0.1) is 5.25 Å². The number of hydrogen-bond donors (Lipinski definition) is 1. The Labute approximate surface area is 62.2 Å². The first-order valence-corrected chi connectivity index (χ1v) is 4.74. The second-order valence-corrected chi connectivity index (χ2v) is 4.16. The van der Waals surface area contributed by atoms with E-state index < -0.39 is 15.4 Å². The van der Waals surface area contributed by atoms with Crippen LogP contribution in [-0.2, 0) is 10.1 Å². The van der Waals surface area contributed by atoms with Crippen LogP contribution in [0.4, 0.5) is 0 Å². The molecule has 1 radical (unpaired) electrons. The summed E-state index contributed by atoms with van der Waals surface area (Å²) in [7, 11) is -3.80. The van der Waals surface area contributed by atoms with E-state index in [0.717, 1.165) is 6.42 Å². The summed E-state index contributed by atoms with van der Waals surface area (Å²) in [6.45, 7) is 5.05. The van der Waals surface area contributed by atoms with Crippen molar-refractivity contribution in [3.63, 3.8) is 0 Å². The molecule has 0 saturated carbocycles. The molecule has 0 aromatic carbocycles. The van der Waals surface area contributed by atoms with Gasteiger partial charge in [-0.05, 0) is 13.3 Å². The van der Waals surface area contributed by atoms with Gasteiger partial charge in [0.25, 0.3) is 10.1 Å². The molecule has 0 aliphatic rings. The van der Waals surface area contributed by atoms with Gasteiger partial charge < -0.3 is 0 Å². The Morgan fingerprint density at radius 2 is 2.10 bits per heavy atom. The van der Waals surface area contributed by atoms with Crippen molar-refractivity contribution in [1.29, 1.82) is 0 Å². The van der Waals surface area contributed by atoms with Gasteiger partial charge in [-0.25, -0.2) is 0 Å². The maximum atomic E-state index is 10.4. The standard InChI is InChI=1S/C6H13O3S/c1-3-4-5-6(2)10(7,8)9/h6H,1,3-5H2,2H3,(H,7,8,9).